The number of nitrogens with two attached hydrogens (primary N) is 1. The molecule has 3 heteroatoms. The van der Waals surface area contributed by atoms with Gasteiger partial charge in [-0.25, -0.2) is 0 Å². The fourth-order valence-corrected chi connectivity index (χ4v) is 1.52. The predicted octanol–water partition coefficient (Wildman–Crippen LogP) is 0.999. The summed E-state index contributed by atoms with van der Waals surface area (Å²) in [6, 6.07) is 1.87. The fraction of sp³-hybridized carbons (Fsp3) is 0.500. The lowest BCUT2D eigenvalue weighted by Crippen LogP contribution is -2.32. The summed E-state index contributed by atoms with van der Waals surface area (Å²) in [5.41, 5.74) is 6.67. The average Bonchev–Trinajstić information content (AvgIpc) is 2.39. The van der Waals surface area contributed by atoms with Gasteiger partial charge < -0.3 is 10.8 Å². The topological polar surface area (TPSA) is 46.2 Å². The Kier molecular flexibility index (Phi) is 3.05. The van der Waals surface area contributed by atoms with Crippen molar-refractivity contribution >= 4 is 11.3 Å². The number of aliphatic hydroxyl groups excluding tert-OH is 1. The Bertz CT molecular complexity index is 196. The van der Waals surface area contributed by atoms with Gasteiger partial charge in [0.2, 0.25) is 0 Å². The van der Waals surface area contributed by atoms with Gasteiger partial charge in [-0.1, -0.05) is 0 Å². The Hall–Kier alpha value is -0.380. The third kappa shape index (κ3) is 2.61. The molecule has 1 heterocycles. The van der Waals surface area contributed by atoms with Crippen LogP contribution in [0.5, 0.6) is 0 Å². The van der Waals surface area contributed by atoms with Gasteiger partial charge in [0, 0.05) is 12.5 Å². The Balaban J connectivity index is 2.43. The molecule has 1 rings (SSSR count). The smallest absolute Gasteiger partial charge is 0.0728 e. The molecule has 3 N–H and O–H groups in total. The van der Waals surface area contributed by atoms with E-state index in [1.54, 1.807) is 11.3 Å². The minimum Gasteiger partial charge on any atom is -0.391 e. The third-order valence-corrected chi connectivity index (χ3v) is 2.36. The van der Waals surface area contributed by atoms with Crippen LogP contribution in [0.2, 0.25) is 0 Å². The highest BCUT2D eigenvalue weighted by Crippen LogP contribution is 2.09. The van der Waals surface area contributed by atoms with Crippen LogP contribution in [0.3, 0.4) is 0 Å². The fourth-order valence-electron chi connectivity index (χ4n) is 0.836. The molecule has 0 aliphatic heterocycles. The van der Waals surface area contributed by atoms with Crippen molar-refractivity contribution in [3.8, 4) is 0 Å². The summed E-state index contributed by atoms with van der Waals surface area (Å²) in [6.07, 6.45) is 0.255. The maximum Gasteiger partial charge on any atom is 0.0728 e. The molecule has 62 valence electrons. The second-order valence-corrected chi connectivity index (χ2v) is 3.54. The lowest BCUT2D eigenvalue weighted by atomic mass is 10.1. The summed E-state index contributed by atoms with van der Waals surface area (Å²) in [5, 5.41) is 13.4. The number of rotatable bonds is 3. The van der Waals surface area contributed by atoms with E-state index in [9.17, 15) is 5.11 Å². The van der Waals surface area contributed by atoms with Crippen molar-refractivity contribution < 1.29 is 5.11 Å². The van der Waals surface area contributed by atoms with E-state index in [1.807, 2.05) is 23.8 Å². The number of hydrogen-bond acceptors (Lipinski definition) is 3. The first-order valence-electron chi connectivity index (χ1n) is 3.65. The SMILES string of the molecule is C[C@@H](N)C(O)Cc1ccsc1. The molecule has 0 aliphatic carbocycles. The number of aliphatic hydroxyl groups is 1. The van der Waals surface area contributed by atoms with Crippen LogP contribution in [0.4, 0.5) is 0 Å². The molecule has 0 fully saturated rings. The summed E-state index contributed by atoms with van der Waals surface area (Å²) in [7, 11) is 0. The highest BCUT2D eigenvalue weighted by Gasteiger charge is 2.09. The zero-order chi connectivity index (χ0) is 8.27. The molecule has 0 saturated heterocycles. The van der Waals surface area contributed by atoms with Gasteiger partial charge in [-0.15, -0.1) is 0 Å². The van der Waals surface area contributed by atoms with Crippen molar-refractivity contribution in [3.63, 3.8) is 0 Å². The van der Waals surface area contributed by atoms with Crippen LogP contribution in [0.25, 0.3) is 0 Å². The Labute approximate surface area is 70.7 Å². The second-order valence-electron chi connectivity index (χ2n) is 2.76. The van der Waals surface area contributed by atoms with Gasteiger partial charge in [0.15, 0.2) is 0 Å². The van der Waals surface area contributed by atoms with Crippen LogP contribution < -0.4 is 5.73 Å². The van der Waals surface area contributed by atoms with E-state index in [-0.39, 0.29) is 6.04 Å². The molecule has 0 amide bonds. The van der Waals surface area contributed by atoms with Gasteiger partial charge in [-0.2, -0.15) is 11.3 Å². The van der Waals surface area contributed by atoms with Crippen molar-refractivity contribution in [2.24, 2.45) is 5.73 Å². The van der Waals surface area contributed by atoms with Crippen molar-refractivity contribution in [2.75, 3.05) is 0 Å². The maximum atomic E-state index is 9.38. The summed E-state index contributed by atoms with van der Waals surface area (Å²) in [6.45, 7) is 1.82. The number of hydrogen-bond donors (Lipinski definition) is 2. The van der Waals surface area contributed by atoms with E-state index in [2.05, 4.69) is 0 Å². The third-order valence-electron chi connectivity index (χ3n) is 1.63. The first-order chi connectivity index (χ1) is 5.20. The van der Waals surface area contributed by atoms with E-state index in [0.29, 0.717) is 6.42 Å². The van der Waals surface area contributed by atoms with Gasteiger partial charge in [0.1, 0.15) is 0 Å². The lowest BCUT2D eigenvalue weighted by Gasteiger charge is -2.12. The highest BCUT2D eigenvalue weighted by molar-refractivity contribution is 7.07. The van der Waals surface area contributed by atoms with Crippen molar-refractivity contribution in [1.29, 1.82) is 0 Å². The van der Waals surface area contributed by atoms with E-state index in [4.69, 9.17) is 5.73 Å². The van der Waals surface area contributed by atoms with Crippen LogP contribution in [0, 0.1) is 0 Å². The van der Waals surface area contributed by atoms with Crippen molar-refractivity contribution in [3.05, 3.63) is 22.4 Å². The molecule has 0 aromatic carbocycles. The standard InChI is InChI=1S/C8H13NOS/c1-6(9)8(10)4-7-2-3-11-5-7/h2-3,5-6,8,10H,4,9H2,1H3/t6-,8?/m1/s1. The second kappa shape index (κ2) is 3.85. The van der Waals surface area contributed by atoms with Gasteiger partial charge in [-0.3, -0.25) is 0 Å². The van der Waals surface area contributed by atoms with Gasteiger partial charge in [0.25, 0.3) is 0 Å². The largest absolute Gasteiger partial charge is 0.391 e. The van der Waals surface area contributed by atoms with Crippen LogP contribution in [0.15, 0.2) is 16.8 Å². The molecular weight excluding hydrogens is 158 g/mol. The van der Waals surface area contributed by atoms with Crippen LogP contribution in [-0.2, 0) is 6.42 Å². The minimum atomic E-state index is -0.412. The zero-order valence-corrected chi connectivity index (χ0v) is 7.34. The summed E-state index contributed by atoms with van der Waals surface area (Å²) in [5.74, 6) is 0. The van der Waals surface area contributed by atoms with Crippen molar-refractivity contribution in [2.45, 2.75) is 25.5 Å². The van der Waals surface area contributed by atoms with Crippen LogP contribution in [0.1, 0.15) is 12.5 Å². The summed E-state index contributed by atoms with van der Waals surface area (Å²) >= 11 is 1.64. The number of thiophene rings is 1. The summed E-state index contributed by atoms with van der Waals surface area (Å²) in [4.78, 5) is 0. The Morgan fingerprint density at radius 2 is 2.45 bits per heavy atom. The average molecular weight is 171 g/mol. The minimum absolute atomic E-state index is 0.144. The quantitative estimate of drug-likeness (QED) is 0.712. The van der Waals surface area contributed by atoms with Crippen molar-refractivity contribution in [1.82, 2.24) is 0 Å². The van der Waals surface area contributed by atoms with E-state index in [1.165, 1.54) is 5.56 Å². The first-order valence-corrected chi connectivity index (χ1v) is 4.59. The molecule has 0 saturated carbocycles. The molecule has 11 heavy (non-hydrogen) atoms. The lowest BCUT2D eigenvalue weighted by molar-refractivity contribution is 0.151. The molecule has 0 bridgehead atoms. The zero-order valence-electron chi connectivity index (χ0n) is 6.53. The highest BCUT2D eigenvalue weighted by atomic mass is 32.1. The van der Waals surface area contributed by atoms with Gasteiger partial charge in [0.05, 0.1) is 6.10 Å². The molecular formula is C8H13NOS. The van der Waals surface area contributed by atoms with E-state index >= 15 is 0 Å². The molecule has 2 atom stereocenters. The summed E-state index contributed by atoms with van der Waals surface area (Å²) < 4.78 is 0. The molecule has 2 nitrogen and oxygen atoms in total. The molecule has 0 aliphatic rings. The molecule has 1 aromatic heterocycles. The van der Waals surface area contributed by atoms with E-state index in [0.717, 1.165) is 0 Å². The Morgan fingerprint density at radius 3 is 2.91 bits per heavy atom. The normalized spacial score (nSPS) is 16.3. The molecule has 0 radical (unpaired) electrons. The molecule has 1 aromatic rings. The van der Waals surface area contributed by atoms with Gasteiger partial charge >= 0.3 is 0 Å². The Morgan fingerprint density at radius 1 is 1.73 bits per heavy atom. The predicted molar refractivity (Wildman–Crippen MR) is 47.7 cm³/mol. The molecule has 0 spiro atoms. The molecule has 1 unspecified atom stereocenters. The first kappa shape index (κ1) is 8.71. The monoisotopic (exact) mass is 171 g/mol. The van der Waals surface area contributed by atoms with Crippen LogP contribution in [-0.4, -0.2) is 17.3 Å². The van der Waals surface area contributed by atoms with Crippen LogP contribution >= 0.6 is 11.3 Å². The van der Waals surface area contributed by atoms with E-state index < -0.39 is 6.10 Å². The maximum absolute atomic E-state index is 9.38. The van der Waals surface area contributed by atoms with Gasteiger partial charge in [-0.05, 0) is 29.3 Å².